The lowest BCUT2D eigenvalue weighted by molar-refractivity contribution is -0.132. The van der Waals surface area contributed by atoms with E-state index in [-0.39, 0.29) is 9.36 Å². The van der Waals surface area contributed by atoms with Gasteiger partial charge in [0.15, 0.2) is 0 Å². The molecular formula is C22H24BrN3O6S2. The molecule has 0 bridgehead atoms. The number of halogens is 1. The van der Waals surface area contributed by atoms with Crippen LogP contribution in [0, 0.1) is 6.92 Å². The maximum Gasteiger partial charge on any atom is 0.265 e. The van der Waals surface area contributed by atoms with Crippen LogP contribution >= 0.6 is 27.7 Å². The van der Waals surface area contributed by atoms with Gasteiger partial charge < -0.3 is 15.0 Å². The minimum atomic E-state index is -4.46. The Kier molecular flexibility index (Phi) is 8.09. The van der Waals surface area contributed by atoms with Crippen LogP contribution in [0.5, 0.6) is 11.5 Å². The van der Waals surface area contributed by atoms with Crippen LogP contribution in [0.2, 0.25) is 0 Å². The molecule has 0 unspecified atom stereocenters. The molecule has 34 heavy (non-hydrogen) atoms. The first-order chi connectivity index (χ1) is 15.9. The molecule has 3 N–H and O–H groups in total. The first-order valence-corrected chi connectivity index (χ1v) is 13.2. The average Bonchev–Trinajstić information content (AvgIpc) is 3.19. The summed E-state index contributed by atoms with van der Waals surface area (Å²) >= 11 is 4.55. The van der Waals surface area contributed by atoms with E-state index in [1.807, 2.05) is 12.1 Å². The molecule has 0 fully saturated rings. The third-order valence-corrected chi connectivity index (χ3v) is 8.34. The highest BCUT2D eigenvalue weighted by atomic mass is 79.9. The van der Waals surface area contributed by atoms with E-state index in [4.69, 9.17) is 15.0 Å². The first-order valence-electron chi connectivity index (χ1n) is 10.0. The van der Waals surface area contributed by atoms with E-state index >= 15 is 0 Å². The normalized spacial score (nSPS) is 13.1. The molecule has 1 heterocycles. The number of hydrogen-bond donors (Lipinski definition) is 2. The largest absolute Gasteiger partial charge is 0.457 e. The number of amides is 1. The standard InChI is InChI=1S/C22H24BrN3O6S2/c1-14-12-16(25-32-14)13-33-22(2,3)20(21(24)27)26(28)34(29,30)19-10-8-18(9-11-19)31-17-6-4-15(23)5-7-17/h4-12,20,28H,13H2,1-3H3,(H2,24,27)/t20-/m0/s1. The number of hydrogen-bond acceptors (Lipinski definition) is 8. The first kappa shape index (κ1) is 26.2. The summed E-state index contributed by atoms with van der Waals surface area (Å²) in [5.74, 6) is 0.923. The van der Waals surface area contributed by atoms with Crippen LogP contribution in [0.25, 0.3) is 0 Å². The Morgan fingerprint density at radius 3 is 2.26 bits per heavy atom. The van der Waals surface area contributed by atoms with Gasteiger partial charge >= 0.3 is 0 Å². The summed E-state index contributed by atoms with van der Waals surface area (Å²) in [7, 11) is -4.46. The van der Waals surface area contributed by atoms with Crippen molar-refractivity contribution in [3.8, 4) is 11.5 Å². The monoisotopic (exact) mass is 569 g/mol. The van der Waals surface area contributed by atoms with Gasteiger partial charge in [0, 0.05) is 21.0 Å². The van der Waals surface area contributed by atoms with Gasteiger partial charge in [-0.1, -0.05) is 25.6 Å². The highest BCUT2D eigenvalue weighted by molar-refractivity contribution is 9.10. The lowest BCUT2D eigenvalue weighted by atomic mass is 10.0. The van der Waals surface area contributed by atoms with Crippen molar-refractivity contribution in [2.75, 3.05) is 0 Å². The van der Waals surface area contributed by atoms with Gasteiger partial charge in [-0.3, -0.25) is 10.0 Å². The highest BCUT2D eigenvalue weighted by Crippen LogP contribution is 2.35. The van der Waals surface area contributed by atoms with Crippen molar-refractivity contribution in [2.45, 2.75) is 42.2 Å². The van der Waals surface area contributed by atoms with Gasteiger partial charge in [-0.05, 0) is 69.3 Å². The van der Waals surface area contributed by atoms with Gasteiger partial charge in [0.05, 0.1) is 10.6 Å². The van der Waals surface area contributed by atoms with Gasteiger partial charge in [0.25, 0.3) is 10.0 Å². The minimum Gasteiger partial charge on any atom is -0.457 e. The fraction of sp³-hybridized carbons (Fsp3) is 0.273. The van der Waals surface area contributed by atoms with E-state index in [2.05, 4.69) is 21.1 Å². The average molecular weight is 570 g/mol. The van der Waals surface area contributed by atoms with E-state index in [9.17, 15) is 18.4 Å². The van der Waals surface area contributed by atoms with Gasteiger partial charge in [-0.2, -0.15) is 0 Å². The maximum absolute atomic E-state index is 13.1. The third-order valence-electron chi connectivity index (χ3n) is 4.83. The van der Waals surface area contributed by atoms with Crippen molar-refractivity contribution >= 4 is 43.6 Å². The zero-order valence-corrected chi connectivity index (χ0v) is 21.9. The molecule has 12 heteroatoms. The number of carbonyl (C=O) groups is 1. The summed E-state index contributed by atoms with van der Waals surface area (Å²) in [6, 6.07) is 12.8. The van der Waals surface area contributed by atoms with Crippen LogP contribution in [0.4, 0.5) is 0 Å². The number of sulfonamides is 1. The third kappa shape index (κ3) is 6.19. The Bertz CT molecular complexity index is 1240. The van der Waals surface area contributed by atoms with Crippen molar-refractivity contribution in [3.63, 3.8) is 0 Å². The van der Waals surface area contributed by atoms with Crippen molar-refractivity contribution in [3.05, 3.63) is 70.5 Å². The molecule has 0 radical (unpaired) electrons. The molecule has 1 aromatic heterocycles. The zero-order chi connectivity index (χ0) is 25.1. The molecule has 0 aliphatic heterocycles. The second-order valence-corrected chi connectivity index (χ2v) is 12.3. The zero-order valence-electron chi connectivity index (χ0n) is 18.6. The number of hydroxylamine groups is 1. The predicted molar refractivity (Wildman–Crippen MR) is 131 cm³/mol. The lowest BCUT2D eigenvalue weighted by Gasteiger charge is -2.35. The number of ether oxygens (including phenoxy) is 1. The number of primary amides is 1. The lowest BCUT2D eigenvalue weighted by Crippen LogP contribution is -2.55. The molecule has 3 aromatic rings. The summed E-state index contributed by atoms with van der Waals surface area (Å²) in [4.78, 5) is 12.0. The molecule has 0 aliphatic carbocycles. The predicted octanol–water partition coefficient (Wildman–Crippen LogP) is 4.48. The van der Waals surface area contributed by atoms with E-state index in [0.717, 1.165) is 4.47 Å². The SMILES string of the molecule is Cc1cc(CSC(C)(C)[C@H](C(N)=O)N(O)S(=O)(=O)c2ccc(Oc3ccc(Br)cc3)cc2)no1. The smallest absolute Gasteiger partial charge is 0.265 e. The number of nitrogens with two attached hydrogens (primary N) is 1. The van der Waals surface area contributed by atoms with Crippen molar-refractivity contribution < 1.29 is 27.7 Å². The van der Waals surface area contributed by atoms with Crippen LogP contribution in [0.1, 0.15) is 25.3 Å². The molecule has 0 aliphatic rings. The van der Waals surface area contributed by atoms with Crippen molar-refractivity contribution in [1.82, 2.24) is 9.63 Å². The summed E-state index contributed by atoms with van der Waals surface area (Å²) in [6.45, 7) is 4.98. The van der Waals surface area contributed by atoms with E-state index in [0.29, 0.717) is 28.7 Å². The minimum absolute atomic E-state index is 0.0287. The molecular weight excluding hydrogens is 546 g/mol. The molecule has 9 nitrogen and oxygen atoms in total. The summed E-state index contributed by atoms with van der Waals surface area (Å²) in [5.41, 5.74) is 6.13. The quantitative estimate of drug-likeness (QED) is 0.341. The fourth-order valence-corrected chi connectivity index (χ4v) is 5.81. The molecule has 3 rings (SSSR count). The Hall–Kier alpha value is -2.38. The second-order valence-electron chi connectivity index (χ2n) is 7.93. The van der Waals surface area contributed by atoms with Gasteiger partial charge in [-0.15, -0.1) is 11.8 Å². The van der Waals surface area contributed by atoms with Crippen LogP contribution < -0.4 is 10.5 Å². The second kappa shape index (κ2) is 10.5. The van der Waals surface area contributed by atoms with E-state index < -0.39 is 26.7 Å². The van der Waals surface area contributed by atoms with Crippen LogP contribution in [0.3, 0.4) is 0 Å². The van der Waals surface area contributed by atoms with Crippen LogP contribution in [0.15, 0.2) is 68.5 Å². The number of aromatic nitrogens is 1. The van der Waals surface area contributed by atoms with Crippen molar-refractivity contribution in [2.24, 2.45) is 5.73 Å². The number of aryl methyl sites for hydroxylation is 1. The summed E-state index contributed by atoms with van der Waals surface area (Å²) in [5, 5.41) is 14.6. The van der Waals surface area contributed by atoms with Gasteiger partial charge in [-0.25, -0.2) is 8.42 Å². The number of carbonyl (C=O) groups excluding carboxylic acids is 1. The number of benzene rings is 2. The molecule has 1 atom stereocenters. The Morgan fingerprint density at radius 1 is 1.21 bits per heavy atom. The number of rotatable bonds is 10. The fourth-order valence-electron chi connectivity index (χ4n) is 3.11. The molecule has 0 saturated heterocycles. The number of thioether (sulfide) groups is 1. The van der Waals surface area contributed by atoms with Crippen LogP contribution in [-0.2, 0) is 20.6 Å². The molecule has 1 amide bonds. The summed E-state index contributed by atoms with van der Waals surface area (Å²) < 4.78 is 36.7. The van der Waals surface area contributed by atoms with Crippen molar-refractivity contribution in [1.29, 1.82) is 0 Å². The Balaban J connectivity index is 1.78. The molecule has 2 aromatic carbocycles. The molecule has 0 saturated carbocycles. The Labute approximate surface area is 210 Å². The van der Waals surface area contributed by atoms with Gasteiger partial charge in [0.1, 0.15) is 23.3 Å². The maximum atomic E-state index is 13.1. The van der Waals surface area contributed by atoms with Crippen LogP contribution in [-0.4, -0.2) is 39.9 Å². The highest BCUT2D eigenvalue weighted by Gasteiger charge is 2.44. The van der Waals surface area contributed by atoms with Gasteiger partial charge in [0.2, 0.25) is 5.91 Å². The van der Waals surface area contributed by atoms with E-state index in [1.165, 1.54) is 36.0 Å². The number of nitrogens with zero attached hydrogens (tertiary/aromatic N) is 2. The van der Waals surface area contributed by atoms with E-state index in [1.54, 1.807) is 39.0 Å². The summed E-state index contributed by atoms with van der Waals surface area (Å²) in [6.07, 6.45) is 0. The molecule has 182 valence electrons. The Morgan fingerprint density at radius 2 is 1.76 bits per heavy atom. The topological polar surface area (TPSA) is 136 Å². The molecule has 0 spiro atoms.